The molecule has 0 bridgehead atoms. The van der Waals surface area contributed by atoms with E-state index in [4.69, 9.17) is 4.98 Å². The second-order valence-electron chi connectivity index (χ2n) is 10.3. The number of aromatic amines is 1. The van der Waals surface area contributed by atoms with E-state index >= 15 is 0 Å². The number of carbonyl (C=O) groups is 1. The molecule has 0 amide bonds. The molecule has 1 fully saturated rings. The van der Waals surface area contributed by atoms with Gasteiger partial charge in [-0.1, -0.05) is 69.4 Å². The molecule has 3 heterocycles. The van der Waals surface area contributed by atoms with Crippen LogP contribution in [0.25, 0.3) is 22.6 Å². The highest BCUT2D eigenvalue weighted by Gasteiger charge is 2.32. The molecule has 0 saturated heterocycles. The number of pyridine rings is 1. The van der Waals surface area contributed by atoms with Crippen molar-refractivity contribution in [1.29, 1.82) is 0 Å². The Bertz CT molecular complexity index is 1440. The van der Waals surface area contributed by atoms with Crippen molar-refractivity contribution in [3.05, 3.63) is 70.5 Å². The van der Waals surface area contributed by atoms with Gasteiger partial charge in [-0.05, 0) is 42.5 Å². The minimum atomic E-state index is -0.808. The van der Waals surface area contributed by atoms with E-state index in [1.807, 2.05) is 42.6 Å². The summed E-state index contributed by atoms with van der Waals surface area (Å²) in [4.78, 5) is 30.7. The minimum absolute atomic E-state index is 0.135. The van der Waals surface area contributed by atoms with Gasteiger partial charge >= 0.3 is 11.7 Å². The Labute approximate surface area is 227 Å². The molecule has 1 aliphatic carbocycles. The van der Waals surface area contributed by atoms with E-state index < -0.39 is 11.9 Å². The second kappa shape index (κ2) is 12.2. The Morgan fingerprint density at radius 2 is 1.87 bits per heavy atom. The number of tetrazole rings is 1. The number of benzene rings is 1. The van der Waals surface area contributed by atoms with E-state index in [0.717, 1.165) is 73.0 Å². The van der Waals surface area contributed by atoms with Gasteiger partial charge in [0.1, 0.15) is 0 Å². The molecule has 4 aromatic rings. The summed E-state index contributed by atoms with van der Waals surface area (Å²) < 4.78 is 3.52. The third kappa shape index (κ3) is 5.84. The van der Waals surface area contributed by atoms with Gasteiger partial charge in [0.05, 0.1) is 24.2 Å². The summed E-state index contributed by atoms with van der Waals surface area (Å²) in [6, 6.07) is 11.4. The molecule has 1 aromatic carbocycles. The Kier molecular flexibility index (Phi) is 8.29. The fourth-order valence-corrected chi connectivity index (χ4v) is 5.64. The van der Waals surface area contributed by atoms with Crippen LogP contribution in [0.4, 0.5) is 0 Å². The minimum Gasteiger partial charge on any atom is -0.481 e. The molecule has 1 saturated carbocycles. The van der Waals surface area contributed by atoms with E-state index in [0.29, 0.717) is 25.2 Å². The maximum Gasteiger partial charge on any atom is 0.328 e. The maximum absolute atomic E-state index is 13.8. The van der Waals surface area contributed by atoms with Crippen LogP contribution in [0.15, 0.2) is 53.6 Å². The SMILES string of the molecule is CCCCc1cn(C2CCCCCCC2C(=O)O)c(=O)n1Cc1ccc(-c2ccccc2-c2nn[nH]n2)nc1. The number of aryl methyl sites for hydroxylation is 1. The third-order valence-electron chi connectivity index (χ3n) is 7.73. The number of unbranched alkanes of at least 4 members (excludes halogenated alkanes) is 1. The fraction of sp³-hybridized carbons (Fsp3) is 0.448. The quantitative estimate of drug-likeness (QED) is 0.316. The van der Waals surface area contributed by atoms with Crippen LogP contribution in [0, 0.1) is 5.92 Å². The highest BCUT2D eigenvalue weighted by Crippen LogP contribution is 2.32. The summed E-state index contributed by atoms with van der Waals surface area (Å²) in [5.41, 5.74) is 4.20. The maximum atomic E-state index is 13.8. The molecule has 0 radical (unpaired) electrons. The monoisotopic (exact) mass is 529 g/mol. The second-order valence-corrected chi connectivity index (χ2v) is 10.3. The van der Waals surface area contributed by atoms with Crippen LogP contribution in [0.5, 0.6) is 0 Å². The van der Waals surface area contributed by atoms with Gasteiger partial charge in [0.15, 0.2) is 0 Å². The van der Waals surface area contributed by atoms with Crippen molar-refractivity contribution >= 4 is 5.97 Å². The molecule has 5 rings (SSSR count). The Hall–Kier alpha value is -4.08. The molecule has 39 heavy (non-hydrogen) atoms. The van der Waals surface area contributed by atoms with Crippen LogP contribution in [0.2, 0.25) is 0 Å². The number of H-pyrrole nitrogens is 1. The first-order valence-corrected chi connectivity index (χ1v) is 13.9. The van der Waals surface area contributed by atoms with Crippen molar-refractivity contribution in [2.24, 2.45) is 5.92 Å². The Balaban J connectivity index is 1.45. The molecular weight excluding hydrogens is 494 g/mol. The normalized spacial score (nSPS) is 18.0. The van der Waals surface area contributed by atoms with E-state index in [1.54, 1.807) is 15.3 Å². The van der Waals surface area contributed by atoms with E-state index in [2.05, 4.69) is 27.5 Å². The molecule has 0 aliphatic heterocycles. The summed E-state index contributed by atoms with van der Waals surface area (Å²) >= 11 is 0. The van der Waals surface area contributed by atoms with Crippen LogP contribution in [-0.4, -0.2) is 45.8 Å². The van der Waals surface area contributed by atoms with Crippen LogP contribution < -0.4 is 5.69 Å². The zero-order valence-corrected chi connectivity index (χ0v) is 22.3. The van der Waals surface area contributed by atoms with Crippen molar-refractivity contribution < 1.29 is 9.90 Å². The largest absolute Gasteiger partial charge is 0.481 e. The predicted molar refractivity (Wildman–Crippen MR) is 147 cm³/mol. The average Bonchev–Trinajstić information content (AvgIpc) is 3.57. The van der Waals surface area contributed by atoms with E-state index in [9.17, 15) is 14.7 Å². The summed E-state index contributed by atoms with van der Waals surface area (Å²) in [7, 11) is 0. The number of hydrogen-bond donors (Lipinski definition) is 2. The van der Waals surface area contributed by atoms with Gasteiger partial charge in [0, 0.05) is 29.2 Å². The number of carboxylic acids is 1. The molecule has 1 aliphatic rings. The number of imidazole rings is 1. The standard InChI is InChI=1S/C29H35N7O3/c1-2-3-10-21-19-36(26-14-7-5-4-6-13-24(26)28(37)38)29(39)35(21)18-20-15-16-25(30-17-20)22-11-8-9-12-23(22)27-31-33-34-32-27/h8-9,11-12,15-17,19,24,26H,2-7,10,13-14,18H2,1H3,(H,37,38)(H,31,32,33,34). The molecule has 204 valence electrons. The summed E-state index contributed by atoms with van der Waals surface area (Å²) in [5.74, 6) is -0.852. The lowest BCUT2D eigenvalue weighted by molar-refractivity contribution is -0.144. The molecule has 2 atom stereocenters. The molecule has 10 heteroatoms. The van der Waals surface area contributed by atoms with Crippen LogP contribution in [0.1, 0.15) is 75.6 Å². The van der Waals surface area contributed by atoms with Gasteiger partial charge in [-0.2, -0.15) is 5.21 Å². The first-order chi connectivity index (χ1) is 19.1. The number of rotatable bonds is 9. The van der Waals surface area contributed by atoms with Crippen LogP contribution >= 0.6 is 0 Å². The van der Waals surface area contributed by atoms with Crippen LogP contribution in [-0.2, 0) is 17.8 Å². The van der Waals surface area contributed by atoms with Crippen molar-refractivity contribution in [3.63, 3.8) is 0 Å². The molecule has 2 unspecified atom stereocenters. The van der Waals surface area contributed by atoms with Gasteiger partial charge in [-0.3, -0.25) is 18.9 Å². The lowest BCUT2D eigenvalue weighted by atomic mass is 9.86. The number of carboxylic acid groups (broad SMARTS) is 1. The van der Waals surface area contributed by atoms with Crippen molar-refractivity contribution in [1.82, 2.24) is 34.7 Å². The highest BCUT2D eigenvalue weighted by atomic mass is 16.4. The average molecular weight is 530 g/mol. The van der Waals surface area contributed by atoms with E-state index in [1.165, 1.54) is 0 Å². The lowest BCUT2D eigenvalue weighted by Gasteiger charge is -2.26. The molecule has 10 nitrogen and oxygen atoms in total. The number of aromatic nitrogens is 7. The van der Waals surface area contributed by atoms with Gasteiger partial charge in [0.2, 0.25) is 5.82 Å². The number of nitrogens with zero attached hydrogens (tertiary/aromatic N) is 6. The molecule has 0 spiro atoms. The lowest BCUT2D eigenvalue weighted by Crippen LogP contribution is -2.35. The molecule has 3 aromatic heterocycles. The fourth-order valence-electron chi connectivity index (χ4n) is 5.64. The van der Waals surface area contributed by atoms with Gasteiger partial charge in [-0.15, -0.1) is 10.2 Å². The van der Waals surface area contributed by atoms with Gasteiger partial charge in [-0.25, -0.2) is 4.79 Å². The number of hydrogen-bond acceptors (Lipinski definition) is 6. The highest BCUT2D eigenvalue weighted by molar-refractivity contribution is 5.78. The smallest absolute Gasteiger partial charge is 0.328 e. The van der Waals surface area contributed by atoms with Gasteiger partial charge in [0.25, 0.3) is 0 Å². The van der Waals surface area contributed by atoms with Gasteiger partial charge < -0.3 is 5.11 Å². The molecular formula is C29H35N7O3. The van der Waals surface area contributed by atoms with Crippen molar-refractivity contribution in [3.8, 4) is 22.6 Å². The first kappa shape index (κ1) is 26.5. The predicted octanol–water partition coefficient (Wildman–Crippen LogP) is 4.88. The Morgan fingerprint density at radius 3 is 2.56 bits per heavy atom. The van der Waals surface area contributed by atoms with E-state index in [-0.39, 0.29) is 11.7 Å². The third-order valence-corrected chi connectivity index (χ3v) is 7.73. The topological polar surface area (TPSA) is 132 Å². The Morgan fingerprint density at radius 1 is 1.08 bits per heavy atom. The first-order valence-electron chi connectivity index (χ1n) is 13.9. The molecule has 2 N–H and O–H groups in total. The van der Waals surface area contributed by atoms with Crippen LogP contribution in [0.3, 0.4) is 0 Å². The number of nitrogens with one attached hydrogen (secondary N) is 1. The summed E-state index contributed by atoms with van der Waals surface area (Å²) in [6.07, 6.45) is 11.7. The van der Waals surface area contributed by atoms with Crippen molar-refractivity contribution in [2.45, 2.75) is 77.3 Å². The summed E-state index contributed by atoms with van der Waals surface area (Å²) in [6.45, 7) is 2.51. The zero-order valence-electron chi connectivity index (χ0n) is 22.3. The summed E-state index contributed by atoms with van der Waals surface area (Å²) in [5, 5.41) is 24.4. The number of aliphatic carboxylic acids is 1. The zero-order chi connectivity index (χ0) is 27.2. The van der Waals surface area contributed by atoms with Crippen molar-refractivity contribution in [2.75, 3.05) is 0 Å².